The third-order valence-electron chi connectivity index (χ3n) is 2.01. The number of carbonyl (C=O) groups is 1. The second-order valence-electron chi connectivity index (χ2n) is 2.99. The fourth-order valence-corrected chi connectivity index (χ4v) is 1.34. The zero-order chi connectivity index (χ0) is 11.5. The molecular formula is C10H7N3O3. The lowest BCUT2D eigenvalue weighted by Crippen LogP contribution is -2.18. The summed E-state index contributed by atoms with van der Waals surface area (Å²) >= 11 is 0. The van der Waals surface area contributed by atoms with Crippen LogP contribution in [0.25, 0.3) is 11.3 Å². The number of pyridine rings is 1. The van der Waals surface area contributed by atoms with Crippen molar-refractivity contribution in [2.24, 2.45) is 0 Å². The summed E-state index contributed by atoms with van der Waals surface area (Å²) in [6.07, 6.45) is 5.68. The molecule has 0 unspecified atom stereocenters. The summed E-state index contributed by atoms with van der Waals surface area (Å²) in [6, 6.07) is 1.48. The van der Waals surface area contributed by atoms with Crippen molar-refractivity contribution in [2.45, 2.75) is 0 Å². The lowest BCUT2D eigenvalue weighted by Gasteiger charge is -2.02. The average molecular weight is 217 g/mol. The van der Waals surface area contributed by atoms with Crippen molar-refractivity contribution in [1.82, 2.24) is 15.0 Å². The molecule has 0 bridgehead atoms. The lowest BCUT2D eigenvalue weighted by atomic mass is 10.1. The Morgan fingerprint density at radius 2 is 2.19 bits per heavy atom. The highest BCUT2D eigenvalue weighted by atomic mass is 16.4. The predicted octanol–water partition coefficient (Wildman–Crippen LogP) is 0.530. The number of aromatic amines is 1. The van der Waals surface area contributed by atoms with Crippen LogP contribution in [0, 0.1) is 0 Å². The van der Waals surface area contributed by atoms with Crippen molar-refractivity contribution in [1.29, 1.82) is 0 Å². The van der Waals surface area contributed by atoms with Crippen LogP contribution < -0.4 is 5.56 Å². The number of nitrogens with one attached hydrogen (secondary N) is 1. The minimum atomic E-state index is -1.29. The van der Waals surface area contributed by atoms with Crippen LogP contribution in [-0.2, 0) is 0 Å². The van der Waals surface area contributed by atoms with E-state index >= 15 is 0 Å². The Hall–Kier alpha value is -2.50. The van der Waals surface area contributed by atoms with Crippen LogP contribution in [0.5, 0.6) is 0 Å². The normalized spacial score (nSPS) is 10.0. The van der Waals surface area contributed by atoms with Gasteiger partial charge in [0.1, 0.15) is 5.56 Å². The maximum atomic E-state index is 11.4. The zero-order valence-corrected chi connectivity index (χ0v) is 8.04. The molecule has 0 atom stereocenters. The highest BCUT2D eigenvalue weighted by Gasteiger charge is 2.16. The van der Waals surface area contributed by atoms with E-state index in [2.05, 4.69) is 15.0 Å². The largest absolute Gasteiger partial charge is 0.477 e. The summed E-state index contributed by atoms with van der Waals surface area (Å²) in [5, 5.41) is 8.94. The molecule has 6 nitrogen and oxygen atoms in total. The Labute approximate surface area is 89.6 Å². The van der Waals surface area contributed by atoms with Crippen LogP contribution in [0.15, 0.2) is 35.6 Å². The van der Waals surface area contributed by atoms with E-state index in [1.807, 2.05) is 0 Å². The Bertz CT molecular complexity index is 577. The third-order valence-corrected chi connectivity index (χ3v) is 2.01. The number of rotatable bonds is 2. The maximum Gasteiger partial charge on any atom is 0.342 e. The summed E-state index contributed by atoms with van der Waals surface area (Å²) in [4.78, 5) is 32.4. The lowest BCUT2D eigenvalue weighted by molar-refractivity contribution is 0.0696. The Kier molecular flexibility index (Phi) is 2.47. The monoisotopic (exact) mass is 217 g/mol. The number of hydrogen-bond donors (Lipinski definition) is 2. The molecule has 2 aromatic heterocycles. The van der Waals surface area contributed by atoms with E-state index in [1.54, 1.807) is 0 Å². The Morgan fingerprint density at radius 3 is 2.81 bits per heavy atom. The number of H-pyrrole nitrogens is 1. The second-order valence-corrected chi connectivity index (χ2v) is 2.99. The standard InChI is InChI=1S/C10H7N3O3/c14-9-8(10(15)16)6(1-2-13-9)7-5-11-3-4-12-7/h1-5H,(H,13,14)(H,15,16). The van der Waals surface area contributed by atoms with E-state index < -0.39 is 11.5 Å². The van der Waals surface area contributed by atoms with E-state index in [0.717, 1.165) is 0 Å². The Morgan fingerprint density at radius 1 is 1.38 bits per heavy atom. The van der Waals surface area contributed by atoms with Gasteiger partial charge in [-0.1, -0.05) is 0 Å². The van der Waals surface area contributed by atoms with Crippen LogP contribution in [-0.4, -0.2) is 26.0 Å². The minimum absolute atomic E-state index is 0.254. The number of aromatic carboxylic acids is 1. The number of carboxylic acids is 1. The minimum Gasteiger partial charge on any atom is -0.477 e. The topological polar surface area (TPSA) is 95.9 Å². The fraction of sp³-hybridized carbons (Fsp3) is 0. The van der Waals surface area contributed by atoms with Crippen molar-refractivity contribution in [3.05, 3.63) is 46.8 Å². The predicted molar refractivity (Wildman–Crippen MR) is 55.0 cm³/mol. The summed E-state index contributed by atoms with van der Waals surface area (Å²) < 4.78 is 0. The van der Waals surface area contributed by atoms with Gasteiger partial charge < -0.3 is 10.1 Å². The summed E-state index contributed by atoms with van der Waals surface area (Å²) in [6.45, 7) is 0. The van der Waals surface area contributed by atoms with Crippen molar-refractivity contribution < 1.29 is 9.90 Å². The molecule has 0 amide bonds. The van der Waals surface area contributed by atoms with Crippen molar-refractivity contribution in [2.75, 3.05) is 0 Å². The van der Waals surface area contributed by atoms with Crippen molar-refractivity contribution in [3.8, 4) is 11.3 Å². The second kappa shape index (κ2) is 3.93. The van der Waals surface area contributed by atoms with Crippen LogP contribution in [0.1, 0.15) is 10.4 Å². The molecule has 0 aliphatic rings. The molecule has 0 saturated carbocycles. The van der Waals surface area contributed by atoms with Crippen LogP contribution in [0.2, 0.25) is 0 Å². The molecule has 0 fully saturated rings. The van der Waals surface area contributed by atoms with Gasteiger partial charge in [0.15, 0.2) is 0 Å². The molecule has 0 spiro atoms. The fourth-order valence-electron chi connectivity index (χ4n) is 1.34. The first-order valence-corrected chi connectivity index (χ1v) is 4.41. The quantitative estimate of drug-likeness (QED) is 0.764. The SMILES string of the molecule is O=C(O)c1c(-c2cnccn2)cc[nH]c1=O. The van der Waals surface area contributed by atoms with E-state index in [1.165, 1.54) is 30.9 Å². The summed E-state index contributed by atoms with van der Waals surface area (Å²) in [5.74, 6) is -1.29. The van der Waals surface area contributed by atoms with Gasteiger partial charge in [-0.15, -0.1) is 0 Å². The van der Waals surface area contributed by atoms with Gasteiger partial charge in [-0.2, -0.15) is 0 Å². The highest BCUT2D eigenvalue weighted by Crippen LogP contribution is 2.16. The van der Waals surface area contributed by atoms with Crippen LogP contribution in [0.3, 0.4) is 0 Å². The summed E-state index contributed by atoms with van der Waals surface area (Å²) in [5.41, 5.74) is -0.381. The molecule has 6 heteroatoms. The molecule has 0 aliphatic carbocycles. The molecule has 0 saturated heterocycles. The number of nitrogens with zero attached hydrogens (tertiary/aromatic N) is 2. The first-order valence-electron chi connectivity index (χ1n) is 4.41. The van der Waals surface area contributed by atoms with E-state index in [4.69, 9.17) is 5.11 Å². The van der Waals surface area contributed by atoms with Gasteiger partial charge >= 0.3 is 5.97 Å². The smallest absolute Gasteiger partial charge is 0.342 e. The molecule has 2 aromatic rings. The molecule has 2 N–H and O–H groups in total. The maximum absolute atomic E-state index is 11.4. The zero-order valence-electron chi connectivity index (χ0n) is 8.04. The van der Waals surface area contributed by atoms with Crippen LogP contribution in [0.4, 0.5) is 0 Å². The molecule has 0 radical (unpaired) electrons. The number of aromatic nitrogens is 3. The average Bonchev–Trinajstić information content (AvgIpc) is 2.29. The van der Waals surface area contributed by atoms with Gasteiger partial charge in [0.2, 0.25) is 0 Å². The number of hydrogen-bond acceptors (Lipinski definition) is 4. The number of carboxylic acid groups (broad SMARTS) is 1. The van der Waals surface area contributed by atoms with Crippen LogP contribution >= 0.6 is 0 Å². The molecular weight excluding hydrogens is 210 g/mol. The molecule has 2 heterocycles. The summed E-state index contributed by atoms with van der Waals surface area (Å²) in [7, 11) is 0. The van der Waals surface area contributed by atoms with Gasteiger partial charge in [0.05, 0.1) is 11.9 Å². The molecule has 2 rings (SSSR count). The van der Waals surface area contributed by atoms with Gasteiger partial charge in [-0.25, -0.2) is 4.79 Å². The van der Waals surface area contributed by atoms with Crippen molar-refractivity contribution >= 4 is 5.97 Å². The van der Waals surface area contributed by atoms with E-state index in [-0.39, 0.29) is 11.1 Å². The molecule has 0 aliphatic heterocycles. The first-order chi connectivity index (χ1) is 7.70. The molecule has 16 heavy (non-hydrogen) atoms. The van der Waals surface area contributed by atoms with E-state index in [9.17, 15) is 9.59 Å². The van der Waals surface area contributed by atoms with Gasteiger partial charge in [0, 0.05) is 24.2 Å². The van der Waals surface area contributed by atoms with Gasteiger partial charge in [-0.05, 0) is 6.07 Å². The highest BCUT2D eigenvalue weighted by molar-refractivity contribution is 5.94. The molecule has 0 aromatic carbocycles. The Balaban J connectivity index is 2.71. The van der Waals surface area contributed by atoms with Crippen molar-refractivity contribution in [3.63, 3.8) is 0 Å². The van der Waals surface area contributed by atoms with E-state index in [0.29, 0.717) is 5.69 Å². The molecule has 80 valence electrons. The van der Waals surface area contributed by atoms with Gasteiger partial charge in [0.25, 0.3) is 5.56 Å². The third kappa shape index (κ3) is 1.68. The first kappa shape index (κ1) is 10.0. The van der Waals surface area contributed by atoms with Gasteiger partial charge in [-0.3, -0.25) is 14.8 Å².